The van der Waals surface area contributed by atoms with Crippen LogP contribution in [0.5, 0.6) is 5.75 Å². The van der Waals surface area contributed by atoms with E-state index in [-0.39, 0.29) is 24.9 Å². The van der Waals surface area contributed by atoms with Crippen molar-refractivity contribution in [1.29, 1.82) is 0 Å². The molecule has 1 aliphatic heterocycles. The van der Waals surface area contributed by atoms with Crippen LogP contribution in [-0.2, 0) is 16.0 Å². The lowest BCUT2D eigenvalue weighted by Crippen LogP contribution is -2.31. The standard InChI is InChI=1S/C25H27N5O5/c1-3-35-24(34)16-9-11-18(12-10-16)27-23(33)21-15(2)26-25-28-20(8-5-13-31)29-30(25)22(21)17-6-4-7-19(32)14-17/h4,6-7,9-12,14,22,31-32H,3,5,8,13H2,1-2H3,(H,27,33)(H,26,28,29). The number of fused-ring (bicyclic) bond motifs is 1. The summed E-state index contributed by atoms with van der Waals surface area (Å²) in [6.07, 6.45) is 1.00. The van der Waals surface area contributed by atoms with Crippen LogP contribution in [0.15, 0.2) is 59.8 Å². The molecule has 0 saturated carbocycles. The van der Waals surface area contributed by atoms with E-state index in [1.807, 2.05) is 6.07 Å². The first-order valence-corrected chi connectivity index (χ1v) is 11.3. The lowest BCUT2D eigenvalue weighted by atomic mass is 9.95. The van der Waals surface area contributed by atoms with E-state index in [0.717, 1.165) is 0 Å². The molecule has 0 bridgehead atoms. The monoisotopic (exact) mass is 477 g/mol. The normalized spacial score (nSPS) is 14.8. The number of aromatic hydroxyl groups is 1. The smallest absolute Gasteiger partial charge is 0.338 e. The molecule has 1 unspecified atom stereocenters. The van der Waals surface area contributed by atoms with Gasteiger partial charge in [-0.25, -0.2) is 9.48 Å². The van der Waals surface area contributed by atoms with Crippen LogP contribution >= 0.6 is 0 Å². The Kier molecular flexibility index (Phi) is 7.11. The van der Waals surface area contributed by atoms with Gasteiger partial charge in [0, 0.05) is 24.4 Å². The summed E-state index contributed by atoms with van der Waals surface area (Å²) in [7, 11) is 0. The minimum Gasteiger partial charge on any atom is -0.508 e. The second kappa shape index (κ2) is 10.4. The van der Waals surface area contributed by atoms with Crippen LogP contribution in [0.3, 0.4) is 0 Å². The van der Waals surface area contributed by atoms with Gasteiger partial charge in [-0.3, -0.25) is 4.79 Å². The van der Waals surface area contributed by atoms with Gasteiger partial charge in [0.25, 0.3) is 5.91 Å². The third-order valence-corrected chi connectivity index (χ3v) is 5.54. The van der Waals surface area contributed by atoms with E-state index in [4.69, 9.17) is 9.84 Å². The highest BCUT2D eigenvalue weighted by atomic mass is 16.5. The molecule has 4 N–H and O–H groups in total. The number of allylic oxidation sites excluding steroid dienone is 1. The molecule has 182 valence electrons. The zero-order valence-electron chi connectivity index (χ0n) is 19.5. The predicted molar refractivity (Wildman–Crippen MR) is 129 cm³/mol. The first kappa shape index (κ1) is 24.0. The number of aliphatic hydroxyl groups excluding tert-OH is 1. The molecule has 10 heteroatoms. The number of phenols is 1. The molecule has 1 atom stereocenters. The van der Waals surface area contributed by atoms with Crippen LogP contribution in [0.1, 0.15) is 48.1 Å². The van der Waals surface area contributed by atoms with Crippen LogP contribution < -0.4 is 10.6 Å². The Morgan fingerprint density at radius 2 is 1.97 bits per heavy atom. The van der Waals surface area contributed by atoms with E-state index in [1.165, 1.54) is 0 Å². The number of benzene rings is 2. The van der Waals surface area contributed by atoms with Crippen molar-refractivity contribution in [1.82, 2.24) is 14.8 Å². The number of carbonyl (C=O) groups excluding carboxylic acids is 2. The maximum atomic E-state index is 13.5. The summed E-state index contributed by atoms with van der Waals surface area (Å²) >= 11 is 0. The zero-order chi connectivity index (χ0) is 24.9. The molecule has 1 aliphatic rings. The molecule has 0 spiro atoms. The average Bonchev–Trinajstić information content (AvgIpc) is 3.24. The number of anilines is 2. The summed E-state index contributed by atoms with van der Waals surface area (Å²) < 4.78 is 6.62. The lowest BCUT2D eigenvalue weighted by Gasteiger charge is -2.28. The topological polar surface area (TPSA) is 139 Å². The number of hydrogen-bond acceptors (Lipinski definition) is 8. The first-order valence-electron chi connectivity index (χ1n) is 11.3. The summed E-state index contributed by atoms with van der Waals surface area (Å²) in [5.41, 5.74) is 2.54. The molecule has 0 radical (unpaired) electrons. The van der Waals surface area contributed by atoms with Crippen molar-refractivity contribution in [2.45, 2.75) is 32.7 Å². The Morgan fingerprint density at radius 3 is 2.66 bits per heavy atom. The zero-order valence-corrected chi connectivity index (χ0v) is 19.5. The third kappa shape index (κ3) is 5.17. The maximum absolute atomic E-state index is 13.5. The van der Waals surface area contributed by atoms with Gasteiger partial charge >= 0.3 is 5.97 Å². The molecule has 3 aromatic rings. The average molecular weight is 478 g/mol. The van der Waals surface area contributed by atoms with Crippen molar-refractivity contribution in [3.8, 4) is 5.75 Å². The number of nitrogens with zero attached hydrogens (tertiary/aromatic N) is 3. The van der Waals surface area contributed by atoms with Gasteiger partial charge in [-0.05, 0) is 62.2 Å². The quantitative estimate of drug-likeness (QED) is 0.363. The summed E-state index contributed by atoms with van der Waals surface area (Å²) in [5.74, 6) is 0.273. The second-order valence-corrected chi connectivity index (χ2v) is 8.04. The van der Waals surface area contributed by atoms with E-state index in [0.29, 0.717) is 52.7 Å². The summed E-state index contributed by atoms with van der Waals surface area (Å²) in [6, 6.07) is 12.4. The fourth-order valence-corrected chi connectivity index (χ4v) is 3.94. The predicted octanol–water partition coefficient (Wildman–Crippen LogP) is 3.01. The van der Waals surface area contributed by atoms with Gasteiger partial charge in [0.05, 0.1) is 17.7 Å². The van der Waals surface area contributed by atoms with Gasteiger partial charge in [0.1, 0.15) is 11.8 Å². The van der Waals surface area contributed by atoms with Crippen LogP contribution in [-0.4, -0.2) is 50.1 Å². The molecule has 2 aromatic carbocycles. The van der Waals surface area contributed by atoms with E-state index >= 15 is 0 Å². The summed E-state index contributed by atoms with van der Waals surface area (Å²) in [4.78, 5) is 29.9. The highest BCUT2D eigenvalue weighted by Gasteiger charge is 2.34. The van der Waals surface area contributed by atoms with Gasteiger partial charge in [0.15, 0.2) is 5.82 Å². The van der Waals surface area contributed by atoms with Crippen molar-refractivity contribution in [3.63, 3.8) is 0 Å². The molecule has 0 saturated heterocycles. The maximum Gasteiger partial charge on any atom is 0.338 e. The second-order valence-electron chi connectivity index (χ2n) is 8.04. The Morgan fingerprint density at radius 1 is 1.20 bits per heavy atom. The van der Waals surface area contributed by atoms with Gasteiger partial charge in [-0.1, -0.05) is 12.1 Å². The van der Waals surface area contributed by atoms with Gasteiger partial charge in [-0.2, -0.15) is 10.1 Å². The van der Waals surface area contributed by atoms with Gasteiger partial charge in [0.2, 0.25) is 5.95 Å². The van der Waals surface area contributed by atoms with Gasteiger partial charge in [-0.15, -0.1) is 0 Å². The van der Waals surface area contributed by atoms with Crippen molar-refractivity contribution in [2.24, 2.45) is 0 Å². The lowest BCUT2D eigenvalue weighted by molar-refractivity contribution is -0.113. The Balaban J connectivity index is 1.67. The molecule has 35 heavy (non-hydrogen) atoms. The molecule has 1 aromatic heterocycles. The molecular formula is C25H27N5O5. The van der Waals surface area contributed by atoms with Crippen molar-refractivity contribution < 1.29 is 24.5 Å². The Bertz CT molecular complexity index is 1270. The summed E-state index contributed by atoms with van der Waals surface area (Å²) in [6.45, 7) is 3.81. The highest BCUT2D eigenvalue weighted by Crippen LogP contribution is 2.36. The number of esters is 1. The molecule has 2 heterocycles. The van der Waals surface area contributed by atoms with Crippen LogP contribution in [0.2, 0.25) is 0 Å². The first-order chi connectivity index (χ1) is 16.9. The van der Waals surface area contributed by atoms with Gasteiger partial charge < -0.3 is 25.6 Å². The summed E-state index contributed by atoms with van der Waals surface area (Å²) in [5, 5.41) is 29.9. The van der Waals surface area contributed by atoms with Crippen molar-refractivity contribution >= 4 is 23.5 Å². The number of ether oxygens (including phenoxy) is 1. The number of aromatic nitrogens is 3. The number of rotatable bonds is 8. The largest absolute Gasteiger partial charge is 0.508 e. The number of amides is 1. The number of hydrogen-bond donors (Lipinski definition) is 4. The van der Waals surface area contributed by atoms with E-state index < -0.39 is 12.0 Å². The Hall–Kier alpha value is -4.18. The van der Waals surface area contributed by atoms with Crippen LogP contribution in [0.25, 0.3) is 0 Å². The number of carbonyl (C=O) groups is 2. The van der Waals surface area contributed by atoms with Crippen molar-refractivity contribution in [2.75, 3.05) is 23.8 Å². The molecule has 4 rings (SSSR count). The SMILES string of the molecule is CCOC(=O)c1ccc(NC(=O)C2=C(C)Nc3nc(CCCO)nn3C2c2cccc(O)c2)cc1. The van der Waals surface area contributed by atoms with E-state index in [2.05, 4.69) is 20.7 Å². The van der Waals surface area contributed by atoms with Crippen LogP contribution in [0, 0.1) is 0 Å². The number of phenolic OH excluding ortho intramolecular Hbond substituents is 1. The minimum absolute atomic E-state index is 0.0210. The van der Waals surface area contributed by atoms with E-state index in [9.17, 15) is 14.7 Å². The number of nitrogens with one attached hydrogen (secondary N) is 2. The molecule has 1 amide bonds. The van der Waals surface area contributed by atoms with Crippen LogP contribution in [0.4, 0.5) is 11.6 Å². The third-order valence-electron chi connectivity index (χ3n) is 5.54. The molecule has 10 nitrogen and oxygen atoms in total. The van der Waals surface area contributed by atoms with Crippen molar-refractivity contribution in [3.05, 3.63) is 76.8 Å². The fraction of sp³-hybridized carbons (Fsp3) is 0.280. The minimum atomic E-state index is -0.646. The number of aliphatic hydroxyl groups is 1. The highest BCUT2D eigenvalue weighted by molar-refractivity contribution is 6.06. The molecule has 0 aliphatic carbocycles. The Labute approximate surface area is 202 Å². The van der Waals surface area contributed by atoms with E-state index in [1.54, 1.807) is 61.0 Å². The fourth-order valence-electron chi connectivity index (χ4n) is 3.94. The number of aryl methyl sites for hydroxylation is 1. The molecule has 0 fully saturated rings. The molecular weight excluding hydrogens is 450 g/mol.